The molecule has 2 heteroatoms. The van der Waals surface area contributed by atoms with Crippen molar-refractivity contribution < 1.29 is 9.47 Å². The molecule has 0 bridgehead atoms. The molecule has 0 unspecified atom stereocenters. The number of allylic oxidation sites excluding steroid dienone is 4. The highest BCUT2D eigenvalue weighted by atomic mass is 16.5. The van der Waals surface area contributed by atoms with Crippen LogP contribution in [0, 0.1) is 11.8 Å². The Morgan fingerprint density at radius 3 is 1.49 bits per heavy atom. The third-order valence-electron chi connectivity index (χ3n) is 6.87. The van der Waals surface area contributed by atoms with Crippen LogP contribution in [0.2, 0.25) is 0 Å². The number of rotatable bonds is 18. The Hall–Kier alpha value is -2.16. The molecule has 2 aromatic rings. The highest BCUT2D eigenvalue weighted by molar-refractivity contribution is 5.14. The SMILES string of the molecule is C(=C\[C@@H]1CC[C@H](/C=C/CCCCCOCc2ccccc2)C1)/CCCCCOCc1ccccc1. The summed E-state index contributed by atoms with van der Waals surface area (Å²) in [6.45, 7) is 3.22. The van der Waals surface area contributed by atoms with Crippen molar-refractivity contribution in [3.63, 3.8) is 0 Å². The van der Waals surface area contributed by atoms with E-state index in [-0.39, 0.29) is 0 Å². The molecule has 0 N–H and O–H groups in total. The highest BCUT2D eigenvalue weighted by Crippen LogP contribution is 2.33. The van der Waals surface area contributed by atoms with Crippen molar-refractivity contribution in [2.24, 2.45) is 11.8 Å². The van der Waals surface area contributed by atoms with Crippen LogP contribution in [-0.4, -0.2) is 13.2 Å². The predicted octanol–water partition coefficient (Wildman–Crippen LogP) is 9.07. The van der Waals surface area contributed by atoms with Crippen LogP contribution in [0.3, 0.4) is 0 Å². The Morgan fingerprint density at radius 1 is 0.571 bits per heavy atom. The summed E-state index contributed by atoms with van der Waals surface area (Å²) in [5, 5.41) is 0. The minimum Gasteiger partial charge on any atom is -0.377 e. The third kappa shape index (κ3) is 12.9. The molecule has 0 amide bonds. The average molecular weight is 475 g/mol. The maximum Gasteiger partial charge on any atom is 0.0716 e. The maximum atomic E-state index is 5.77. The van der Waals surface area contributed by atoms with Gasteiger partial charge in [0.25, 0.3) is 0 Å². The second kappa shape index (κ2) is 18.2. The van der Waals surface area contributed by atoms with Crippen LogP contribution < -0.4 is 0 Å². The first-order chi connectivity index (χ1) is 17.4. The lowest BCUT2D eigenvalue weighted by Gasteiger charge is -2.05. The molecular weight excluding hydrogens is 428 g/mol. The summed E-state index contributed by atoms with van der Waals surface area (Å²) >= 11 is 0. The zero-order chi connectivity index (χ0) is 24.2. The Labute approximate surface area is 214 Å². The fourth-order valence-electron chi connectivity index (χ4n) is 4.79. The van der Waals surface area contributed by atoms with E-state index in [9.17, 15) is 0 Å². The van der Waals surface area contributed by atoms with Crippen LogP contribution in [0.5, 0.6) is 0 Å². The quantitative estimate of drug-likeness (QED) is 0.158. The molecule has 190 valence electrons. The second-order valence-corrected chi connectivity index (χ2v) is 9.96. The van der Waals surface area contributed by atoms with Gasteiger partial charge in [0.1, 0.15) is 0 Å². The molecule has 2 nitrogen and oxygen atoms in total. The molecule has 0 aromatic heterocycles. The van der Waals surface area contributed by atoms with Crippen LogP contribution in [0.15, 0.2) is 85.0 Å². The molecule has 1 aliphatic carbocycles. The van der Waals surface area contributed by atoms with E-state index in [1.165, 1.54) is 68.9 Å². The van der Waals surface area contributed by atoms with Gasteiger partial charge in [0.15, 0.2) is 0 Å². The summed E-state index contributed by atoms with van der Waals surface area (Å²) in [6, 6.07) is 20.9. The van der Waals surface area contributed by atoms with E-state index in [1.54, 1.807) is 0 Å². The Bertz CT molecular complexity index is 742. The summed E-state index contributed by atoms with van der Waals surface area (Å²) in [7, 11) is 0. The minimum atomic E-state index is 0.738. The Balaban J connectivity index is 1.10. The van der Waals surface area contributed by atoms with Gasteiger partial charge < -0.3 is 9.47 Å². The topological polar surface area (TPSA) is 18.5 Å². The van der Waals surface area contributed by atoms with Crippen molar-refractivity contribution in [2.45, 2.75) is 83.8 Å². The lowest BCUT2D eigenvalue weighted by atomic mass is 10.0. The van der Waals surface area contributed by atoms with Crippen molar-refractivity contribution in [1.82, 2.24) is 0 Å². The van der Waals surface area contributed by atoms with Gasteiger partial charge in [-0.15, -0.1) is 0 Å². The number of benzene rings is 2. The van der Waals surface area contributed by atoms with Crippen molar-refractivity contribution in [2.75, 3.05) is 13.2 Å². The molecule has 0 aliphatic heterocycles. The number of hydrogen-bond acceptors (Lipinski definition) is 2. The van der Waals surface area contributed by atoms with Gasteiger partial charge >= 0.3 is 0 Å². The minimum absolute atomic E-state index is 0.738. The molecular formula is C33H46O2. The molecule has 1 fully saturated rings. The molecule has 0 spiro atoms. The third-order valence-corrected chi connectivity index (χ3v) is 6.87. The zero-order valence-electron chi connectivity index (χ0n) is 21.7. The first-order valence-electron chi connectivity index (χ1n) is 14.0. The van der Waals surface area contributed by atoms with Crippen LogP contribution in [0.4, 0.5) is 0 Å². The standard InChI is InChI=1S/C33H46O2/c1(5-15-25-34-28-32-19-11-7-12-20-32)3-9-17-30-23-24-31(27-30)18-10-4-2-6-16-26-35-29-33-21-13-8-14-22-33/h7-14,17-22,30-31H,1-6,15-16,23-29H2/b17-9+,18-10+/t30-,31+. The second-order valence-electron chi connectivity index (χ2n) is 9.96. The molecule has 2 atom stereocenters. The largest absolute Gasteiger partial charge is 0.377 e. The van der Waals surface area contributed by atoms with Gasteiger partial charge in [-0.2, -0.15) is 0 Å². The fourth-order valence-corrected chi connectivity index (χ4v) is 4.79. The summed E-state index contributed by atoms with van der Waals surface area (Å²) in [5.41, 5.74) is 2.53. The molecule has 0 radical (unpaired) electrons. The lowest BCUT2D eigenvalue weighted by Crippen LogP contribution is -1.95. The van der Waals surface area contributed by atoms with Crippen molar-refractivity contribution >= 4 is 0 Å². The maximum absolute atomic E-state index is 5.77. The smallest absolute Gasteiger partial charge is 0.0716 e. The monoisotopic (exact) mass is 474 g/mol. The van der Waals surface area contributed by atoms with E-state index < -0.39 is 0 Å². The van der Waals surface area contributed by atoms with Crippen LogP contribution in [0.1, 0.15) is 81.8 Å². The first kappa shape index (κ1) is 27.4. The van der Waals surface area contributed by atoms with E-state index >= 15 is 0 Å². The number of hydrogen-bond donors (Lipinski definition) is 0. The predicted molar refractivity (Wildman–Crippen MR) is 148 cm³/mol. The van der Waals surface area contributed by atoms with E-state index in [4.69, 9.17) is 9.47 Å². The van der Waals surface area contributed by atoms with Crippen LogP contribution in [0.25, 0.3) is 0 Å². The van der Waals surface area contributed by atoms with Crippen molar-refractivity contribution in [3.05, 3.63) is 96.1 Å². The Morgan fingerprint density at radius 2 is 1.03 bits per heavy atom. The van der Waals surface area contributed by atoms with Gasteiger partial charge in [-0.25, -0.2) is 0 Å². The van der Waals surface area contributed by atoms with Gasteiger partial charge in [0.2, 0.25) is 0 Å². The van der Waals surface area contributed by atoms with Gasteiger partial charge in [0.05, 0.1) is 13.2 Å². The summed E-state index contributed by atoms with van der Waals surface area (Å²) in [5.74, 6) is 1.58. The summed E-state index contributed by atoms with van der Waals surface area (Å²) < 4.78 is 11.5. The zero-order valence-corrected chi connectivity index (χ0v) is 21.7. The van der Waals surface area contributed by atoms with Crippen LogP contribution in [-0.2, 0) is 22.7 Å². The number of ether oxygens (including phenoxy) is 2. The van der Waals surface area contributed by atoms with E-state index in [1.807, 2.05) is 12.1 Å². The average Bonchev–Trinajstić information content (AvgIpc) is 3.35. The summed E-state index contributed by atoms with van der Waals surface area (Å²) in [6.07, 6.45) is 23.7. The molecule has 0 heterocycles. The first-order valence-corrected chi connectivity index (χ1v) is 14.0. The molecule has 2 aromatic carbocycles. The van der Waals surface area contributed by atoms with Gasteiger partial charge in [-0.05, 0) is 80.8 Å². The molecule has 3 rings (SSSR count). The van der Waals surface area contributed by atoms with E-state index in [2.05, 4.69) is 72.8 Å². The lowest BCUT2D eigenvalue weighted by molar-refractivity contribution is 0.117. The van der Waals surface area contributed by atoms with Crippen LogP contribution >= 0.6 is 0 Å². The van der Waals surface area contributed by atoms with E-state index in [0.29, 0.717) is 0 Å². The number of unbranched alkanes of at least 4 members (excludes halogenated alkanes) is 6. The molecule has 35 heavy (non-hydrogen) atoms. The normalized spacial score (nSPS) is 18.2. The van der Waals surface area contributed by atoms with Crippen molar-refractivity contribution in [1.29, 1.82) is 0 Å². The molecule has 1 saturated carbocycles. The van der Waals surface area contributed by atoms with Gasteiger partial charge in [-0.1, -0.05) is 97.8 Å². The van der Waals surface area contributed by atoms with Crippen molar-refractivity contribution in [3.8, 4) is 0 Å². The molecule has 1 aliphatic rings. The van der Waals surface area contributed by atoms with Gasteiger partial charge in [-0.3, -0.25) is 0 Å². The van der Waals surface area contributed by atoms with Gasteiger partial charge in [0, 0.05) is 13.2 Å². The fraction of sp³-hybridized carbons (Fsp3) is 0.515. The van der Waals surface area contributed by atoms with E-state index in [0.717, 1.165) is 51.1 Å². The summed E-state index contributed by atoms with van der Waals surface area (Å²) in [4.78, 5) is 0. The Kier molecular flexibility index (Phi) is 14.2. The highest BCUT2D eigenvalue weighted by Gasteiger charge is 2.20. The molecule has 0 saturated heterocycles.